The second-order valence-corrected chi connectivity index (χ2v) is 6.09. The molecular formula is C22H20N2O5. The molecule has 2 N–H and O–H groups in total. The van der Waals surface area contributed by atoms with Crippen molar-refractivity contribution in [2.24, 2.45) is 0 Å². The van der Waals surface area contributed by atoms with Crippen molar-refractivity contribution in [2.75, 3.05) is 19.7 Å². The molecule has 7 heteroatoms. The largest absolute Gasteiger partial charge is 0.484 e. The Morgan fingerprint density at radius 3 is 2.17 bits per heavy atom. The summed E-state index contributed by atoms with van der Waals surface area (Å²) in [6.07, 6.45) is 1.41. The molecule has 2 aromatic carbocycles. The van der Waals surface area contributed by atoms with Crippen molar-refractivity contribution >= 4 is 17.6 Å². The highest BCUT2D eigenvalue weighted by molar-refractivity contribution is 6.09. The summed E-state index contributed by atoms with van der Waals surface area (Å²) in [6, 6.07) is 18.8. The fourth-order valence-corrected chi connectivity index (χ4v) is 2.53. The maximum Gasteiger partial charge on any atom is 0.287 e. The Balaban J connectivity index is 1.38. The lowest BCUT2D eigenvalue weighted by Gasteiger charge is -2.08. The van der Waals surface area contributed by atoms with E-state index in [0.717, 1.165) is 0 Å². The molecule has 3 rings (SSSR count). The molecule has 148 valence electrons. The number of amides is 2. The topological polar surface area (TPSA) is 97.6 Å². The maximum atomic E-state index is 12.4. The van der Waals surface area contributed by atoms with Crippen molar-refractivity contribution in [3.8, 4) is 5.75 Å². The number of carbonyl (C=O) groups excluding carboxylic acids is 3. The van der Waals surface area contributed by atoms with Crippen LogP contribution in [0.2, 0.25) is 0 Å². The number of hydrogen-bond acceptors (Lipinski definition) is 5. The minimum atomic E-state index is -0.342. The van der Waals surface area contributed by atoms with Gasteiger partial charge in [-0.15, -0.1) is 0 Å². The van der Waals surface area contributed by atoms with E-state index in [-0.39, 0.29) is 43.1 Å². The Kier molecular flexibility index (Phi) is 6.78. The van der Waals surface area contributed by atoms with E-state index in [1.807, 2.05) is 18.2 Å². The molecule has 2 amide bonds. The molecule has 0 saturated heterocycles. The third-order valence-corrected chi connectivity index (χ3v) is 4.00. The van der Waals surface area contributed by atoms with Gasteiger partial charge in [0, 0.05) is 24.2 Å². The Morgan fingerprint density at radius 1 is 0.793 bits per heavy atom. The number of carbonyl (C=O) groups is 3. The minimum absolute atomic E-state index is 0.0773. The van der Waals surface area contributed by atoms with Crippen LogP contribution in [0, 0.1) is 0 Å². The van der Waals surface area contributed by atoms with E-state index < -0.39 is 0 Å². The molecule has 0 spiro atoms. The van der Waals surface area contributed by atoms with Crippen LogP contribution in [0.5, 0.6) is 5.75 Å². The normalized spacial score (nSPS) is 10.2. The number of nitrogens with one attached hydrogen (secondary N) is 2. The van der Waals surface area contributed by atoms with Gasteiger partial charge in [-0.2, -0.15) is 0 Å². The second kappa shape index (κ2) is 9.89. The van der Waals surface area contributed by atoms with E-state index in [0.29, 0.717) is 16.9 Å². The van der Waals surface area contributed by atoms with Gasteiger partial charge >= 0.3 is 0 Å². The summed E-state index contributed by atoms with van der Waals surface area (Å²) in [5.41, 5.74) is 1.15. The maximum absolute atomic E-state index is 12.4. The molecule has 0 unspecified atom stereocenters. The SMILES string of the molecule is O=C(COc1ccc(C(=O)c2ccccc2)cc1)NCCNC(=O)c1ccco1. The fraction of sp³-hybridized carbons (Fsp3) is 0.136. The molecule has 0 aliphatic carbocycles. The first-order chi connectivity index (χ1) is 14.1. The Hall–Kier alpha value is -3.87. The van der Waals surface area contributed by atoms with Crippen LogP contribution in [-0.4, -0.2) is 37.3 Å². The molecule has 0 atom stereocenters. The highest BCUT2D eigenvalue weighted by Crippen LogP contribution is 2.15. The number of hydrogen-bond donors (Lipinski definition) is 2. The zero-order valence-electron chi connectivity index (χ0n) is 15.6. The monoisotopic (exact) mass is 392 g/mol. The number of furan rings is 1. The Morgan fingerprint density at radius 2 is 1.48 bits per heavy atom. The third-order valence-electron chi connectivity index (χ3n) is 4.00. The average Bonchev–Trinajstić information content (AvgIpc) is 3.31. The average molecular weight is 392 g/mol. The summed E-state index contributed by atoms with van der Waals surface area (Å²) in [5.74, 6) is -0.0384. The Bertz CT molecular complexity index is 951. The lowest BCUT2D eigenvalue weighted by Crippen LogP contribution is -2.36. The number of rotatable bonds is 9. The van der Waals surface area contributed by atoms with E-state index in [1.165, 1.54) is 6.26 Å². The summed E-state index contributed by atoms with van der Waals surface area (Å²) in [7, 11) is 0. The first-order valence-electron chi connectivity index (χ1n) is 9.04. The summed E-state index contributed by atoms with van der Waals surface area (Å²) in [5, 5.41) is 5.27. The van der Waals surface area contributed by atoms with E-state index in [4.69, 9.17) is 9.15 Å². The first-order valence-corrected chi connectivity index (χ1v) is 9.04. The van der Waals surface area contributed by atoms with E-state index in [1.54, 1.807) is 48.5 Å². The fourth-order valence-electron chi connectivity index (χ4n) is 2.53. The lowest BCUT2D eigenvalue weighted by molar-refractivity contribution is -0.123. The van der Waals surface area contributed by atoms with Gasteiger partial charge in [-0.05, 0) is 36.4 Å². The summed E-state index contributed by atoms with van der Waals surface area (Å²) < 4.78 is 10.4. The van der Waals surface area contributed by atoms with Crippen molar-refractivity contribution in [2.45, 2.75) is 0 Å². The van der Waals surface area contributed by atoms with Crippen LogP contribution in [0.3, 0.4) is 0 Å². The van der Waals surface area contributed by atoms with Gasteiger partial charge in [0.2, 0.25) is 0 Å². The Labute approximate surface area is 167 Å². The molecule has 1 aromatic heterocycles. The molecule has 29 heavy (non-hydrogen) atoms. The van der Waals surface area contributed by atoms with Crippen LogP contribution in [0.4, 0.5) is 0 Å². The molecule has 0 radical (unpaired) electrons. The van der Waals surface area contributed by atoms with Gasteiger partial charge in [0.15, 0.2) is 18.2 Å². The molecule has 1 heterocycles. The summed E-state index contributed by atoms with van der Waals surface area (Å²) in [6.45, 7) is 0.360. The van der Waals surface area contributed by atoms with Gasteiger partial charge in [0.1, 0.15) is 5.75 Å². The van der Waals surface area contributed by atoms with E-state index in [9.17, 15) is 14.4 Å². The molecule has 0 aliphatic heterocycles. The number of ether oxygens (including phenoxy) is 1. The highest BCUT2D eigenvalue weighted by atomic mass is 16.5. The van der Waals surface area contributed by atoms with Crippen LogP contribution in [0.25, 0.3) is 0 Å². The quantitative estimate of drug-likeness (QED) is 0.431. The molecule has 0 fully saturated rings. The van der Waals surface area contributed by atoms with Crippen LogP contribution >= 0.6 is 0 Å². The van der Waals surface area contributed by atoms with Crippen molar-refractivity contribution in [1.82, 2.24) is 10.6 Å². The van der Waals surface area contributed by atoms with Gasteiger partial charge in [-0.3, -0.25) is 14.4 Å². The van der Waals surface area contributed by atoms with Crippen molar-refractivity contribution < 1.29 is 23.5 Å². The van der Waals surface area contributed by atoms with Crippen LogP contribution in [0.1, 0.15) is 26.5 Å². The molecule has 0 bridgehead atoms. The zero-order chi connectivity index (χ0) is 20.5. The van der Waals surface area contributed by atoms with E-state index in [2.05, 4.69) is 10.6 Å². The standard InChI is InChI=1S/C22H20N2O5/c25-20(23-12-13-24-22(27)19-7-4-14-28-19)15-29-18-10-8-17(9-11-18)21(26)16-5-2-1-3-6-16/h1-11,14H,12-13,15H2,(H,23,25)(H,24,27). The predicted molar refractivity (Wildman–Crippen MR) is 106 cm³/mol. The van der Waals surface area contributed by atoms with Gasteiger partial charge in [-0.1, -0.05) is 30.3 Å². The highest BCUT2D eigenvalue weighted by Gasteiger charge is 2.10. The van der Waals surface area contributed by atoms with E-state index >= 15 is 0 Å². The van der Waals surface area contributed by atoms with Gasteiger partial charge < -0.3 is 19.8 Å². The third kappa shape index (κ3) is 5.80. The molecular weight excluding hydrogens is 372 g/mol. The van der Waals surface area contributed by atoms with Gasteiger partial charge in [-0.25, -0.2) is 0 Å². The number of benzene rings is 2. The zero-order valence-corrected chi connectivity index (χ0v) is 15.6. The first kappa shape index (κ1) is 19.9. The van der Waals surface area contributed by atoms with Crippen LogP contribution in [0.15, 0.2) is 77.4 Å². The van der Waals surface area contributed by atoms with Gasteiger partial charge in [0.25, 0.3) is 11.8 Å². The summed E-state index contributed by atoms with van der Waals surface area (Å²) >= 11 is 0. The summed E-state index contributed by atoms with van der Waals surface area (Å²) in [4.78, 5) is 35.8. The van der Waals surface area contributed by atoms with Gasteiger partial charge in [0.05, 0.1) is 6.26 Å². The lowest BCUT2D eigenvalue weighted by atomic mass is 10.0. The molecule has 0 saturated carbocycles. The second-order valence-electron chi connectivity index (χ2n) is 6.09. The van der Waals surface area contributed by atoms with Crippen LogP contribution < -0.4 is 15.4 Å². The van der Waals surface area contributed by atoms with Crippen molar-refractivity contribution in [1.29, 1.82) is 0 Å². The molecule has 3 aromatic rings. The molecule has 7 nitrogen and oxygen atoms in total. The predicted octanol–water partition coefficient (Wildman–Crippen LogP) is 2.44. The smallest absolute Gasteiger partial charge is 0.287 e. The molecule has 0 aliphatic rings. The van der Waals surface area contributed by atoms with Crippen LogP contribution in [-0.2, 0) is 4.79 Å². The van der Waals surface area contributed by atoms with Crippen molar-refractivity contribution in [3.05, 3.63) is 89.9 Å². The number of ketones is 1. The van der Waals surface area contributed by atoms with Crippen molar-refractivity contribution in [3.63, 3.8) is 0 Å². The minimum Gasteiger partial charge on any atom is -0.484 e.